The number of nitrogens with one attached hydrogen (secondary N) is 2. The standard InChI is InChI=1S/C15H24N2O4/c1-9-6-11(16-8-9)14(19)17-12(15(20)21-2)7-10-4-3-5-13(10)18/h9-12,16H,3-8H2,1-2H3,(H,17,19)/t9-,10+,11+,12+/m1/s1. The molecule has 2 N–H and O–H groups in total. The summed E-state index contributed by atoms with van der Waals surface area (Å²) in [6.07, 6.45) is 3.35. The van der Waals surface area contributed by atoms with Gasteiger partial charge in [-0.05, 0) is 38.1 Å². The molecule has 0 aromatic rings. The molecule has 118 valence electrons. The average Bonchev–Trinajstić information content (AvgIpc) is 3.06. The number of ether oxygens (including phenoxy) is 1. The first-order chi connectivity index (χ1) is 10.0. The summed E-state index contributed by atoms with van der Waals surface area (Å²) in [5, 5.41) is 5.89. The molecule has 1 saturated carbocycles. The fourth-order valence-corrected chi connectivity index (χ4v) is 3.16. The van der Waals surface area contributed by atoms with E-state index in [1.807, 2.05) is 0 Å². The lowest BCUT2D eigenvalue weighted by Gasteiger charge is -2.21. The highest BCUT2D eigenvalue weighted by atomic mass is 16.5. The number of carbonyl (C=O) groups is 3. The minimum Gasteiger partial charge on any atom is -0.467 e. The molecule has 1 amide bonds. The van der Waals surface area contributed by atoms with Crippen molar-refractivity contribution in [1.82, 2.24) is 10.6 Å². The second-order valence-electron chi connectivity index (χ2n) is 6.18. The third-order valence-electron chi connectivity index (χ3n) is 4.42. The van der Waals surface area contributed by atoms with Crippen LogP contribution in [0.15, 0.2) is 0 Å². The molecule has 1 saturated heterocycles. The number of Topliss-reactive ketones (excluding diaryl/α,β-unsaturated/α-hetero) is 1. The van der Waals surface area contributed by atoms with Crippen molar-refractivity contribution in [1.29, 1.82) is 0 Å². The van der Waals surface area contributed by atoms with Gasteiger partial charge in [0.15, 0.2) is 0 Å². The van der Waals surface area contributed by atoms with Crippen molar-refractivity contribution in [3.8, 4) is 0 Å². The summed E-state index contributed by atoms with van der Waals surface area (Å²) < 4.78 is 4.76. The summed E-state index contributed by atoms with van der Waals surface area (Å²) in [5.41, 5.74) is 0. The largest absolute Gasteiger partial charge is 0.467 e. The van der Waals surface area contributed by atoms with E-state index in [9.17, 15) is 14.4 Å². The fraction of sp³-hybridized carbons (Fsp3) is 0.800. The number of esters is 1. The van der Waals surface area contributed by atoms with Gasteiger partial charge in [-0.3, -0.25) is 9.59 Å². The molecule has 0 bridgehead atoms. The minimum atomic E-state index is -0.729. The van der Waals surface area contributed by atoms with Crippen LogP contribution in [0, 0.1) is 11.8 Å². The van der Waals surface area contributed by atoms with E-state index >= 15 is 0 Å². The third-order valence-corrected chi connectivity index (χ3v) is 4.42. The lowest BCUT2D eigenvalue weighted by atomic mass is 9.97. The van der Waals surface area contributed by atoms with Crippen LogP contribution in [0.1, 0.15) is 39.0 Å². The molecule has 2 fully saturated rings. The van der Waals surface area contributed by atoms with Crippen molar-refractivity contribution in [3.63, 3.8) is 0 Å². The first kappa shape index (κ1) is 15.9. The van der Waals surface area contributed by atoms with E-state index in [2.05, 4.69) is 17.6 Å². The predicted octanol–water partition coefficient (Wildman–Crippen LogP) is 0.402. The Balaban J connectivity index is 1.94. The molecule has 6 heteroatoms. The highest BCUT2D eigenvalue weighted by molar-refractivity contribution is 5.89. The van der Waals surface area contributed by atoms with Crippen molar-refractivity contribution >= 4 is 17.7 Å². The Morgan fingerprint density at radius 2 is 2.24 bits per heavy atom. The van der Waals surface area contributed by atoms with Gasteiger partial charge >= 0.3 is 5.97 Å². The second kappa shape index (κ2) is 7.02. The lowest BCUT2D eigenvalue weighted by molar-refractivity contribution is -0.146. The molecular formula is C15H24N2O4. The Morgan fingerprint density at radius 1 is 1.48 bits per heavy atom. The topological polar surface area (TPSA) is 84.5 Å². The first-order valence-electron chi connectivity index (χ1n) is 7.65. The van der Waals surface area contributed by atoms with Gasteiger partial charge in [0.05, 0.1) is 13.2 Å². The fourth-order valence-electron chi connectivity index (χ4n) is 3.16. The van der Waals surface area contributed by atoms with Crippen molar-refractivity contribution in [2.45, 2.75) is 51.1 Å². The number of hydrogen-bond acceptors (Lipinski definition) is 5. The Labute approximate surface area is 125 Å². The molecule has 1 aliphatic carbocycles. The van der Waals surface area contributed by atoms with E-state index < -0.39 is 12.0 Å². The Morgan fingerprint density at radius 3 is 2.76 bits per heavy atom. The molecule has 21 heavy (non-hydrogen) atoms. The summed E-state index contributed by atoms with van der Waals surface area (Å²) in [6.45, 7) is 2.89. The maximum absolute atomic E-state index is 12.2. The number of rotatable bonds is 5. The Hall–Kier alpha value is -1.43. The molecule has 1 heterocycles. The normalized spacial score (nSPS) is 30.2. The molecule has 0 spiro atoms. The van der Waals surface area contributed by atoms with E-state index in [4.69, 9.17) is 4.74 Å². The van der Waals surface area contributed by atoms with Crippen LogP contribution in [0.4, 0.5) is 0 Å². The molecule has 0 aromatic carbocycles. The molecule has 2 aliphatic rings. The van der Waals surface area contributed by atoms with Crippen LogP contribution in [0.3, 0.4) is 0 Å². The van der Waals surface area contributed by atoms with E-state index in [1.165, 1.54) is 7.11 Å². The van der Waals surface area contributed by atoms with Crippen LogP contribution in [0.25, 0.3) is 0 Å². The molecule has 1 aliphatic heterocycles. The van der Waals surface area contributed by atoms with Gasteiger partial charge in [0.25, 0.3) is 0 Å². The zero-order valence-corrected chi connectivity index (χ0v) is 12.7. The minimum absolute atomic E-state index is 0.134. The quantitative estimate of drug-likeness (QED) is 0.718. The SMILES string of the molecule is COC(=O)[C@H](C[C@@H]1CCCC1=O)NC(=O)[C@@H]1C[C@@H](C)CN1. The van der Waals surface area contributed by atoms with Crippen molar-refractivity contribution in [2.75, 3.05) is 13.7 Å². The van der Waals surface area contributed by atoms with Crippen LogP contribution in [0.5, 0.6) is 0 Å². The van der Waals surface area contributed by atoms with Crippen molar-refractivity contribution < 1.29 is 19.1 Å². The Kier molecular flexibility index (Phi) is 5.33. The van der Waals surface area contributed by atoms with Gasteiger partial charge in [-0.1, -0.05) is 6.92 Å². The van der Waals surface area contributed by atoms with Gasteiger partial charge < -0.3 is 15.4 Å². The van der Waals surface area contributed by atoms with Gasteiger partial charge in [-0.15, -0.1) is 0 Å². The molecular weight excluding hydrogens is 272 g/mol. The van der Waals surface area contributed by atoms with Crippen LogP contribution in [-0.4, -0.2) is 43.4 Å². The first-order valence-corrected chi connectivity index (χ1v) is 7.65. The van der Waals surface area contributed by atoms with Crippen LogP contribution >= 0.6 is 0 Å². The van der Waals surface area contributed by atoms with E-state index in [1.54, 1.807) is 0 Å². The molecule has 0 aromatic heterocycles. The van der Waals surface area contributed by atoms with E-state index in [-0.39, 0.29) is 23.7 Å². The smallest absolute Gasteiger partial charge is 0.328 e. The average molecular weight is 296 g/mol. The monoisotopic (exact) mass is 296 g/mol. The van der Waals surface area contributed by atoms with Gasteiger partial charge in [0, 0.05) is 12.3 Å². The maximum Gasteiger partial charge on any atom is 0.328 e. The summed E-state index contributed by atoms with van der Waals surface area (Å²) in [6, 6.07) is -0.987. The van der Waals surface area contributed by atoms with Crippen LogP contribution in [0.2, 0.25) is 0 Å². The number of ketones is 1. The zero-order chi connectivity index (χ0) is 15.4. The highest BCUT2D eigenvalue weighted by Gasteiger charge is 2.34. The molecule has 0 radical (unpaired) electrons. The summed E-state index contributed by atoms with van der Waals surface area (Å²) in [4.78, 5) is 35.8. The van der Waals surface area contributed by atoms with Gasteiger partial charge in [0.1, 0.15) is 11.8 Å². The lowest BCUT2D eigenvalue weighted by Crippen LogP contribution is -2.49. The van der Waals surface area contributed by atoms with E-state index in [0.29, 0.717) is 18.8 Å². The van der Waals surface area contributed by atoms with Crippen LogP contribution in [-0.2, 0) is 19.1 Å². The second-order valence-corrected chi connectivity index (χ2v) is 6.18. The number of carbonyl (C=O) groups excluding carboxylic acids is 3. The third kappa shape index (κ3) is 4.03. The predicted molar refractivity (Wildman–Crippen MR) is 76.5 cm³/mol. The molecule has 0 unspecified atom stereocenters. The maximum atomic E-state index is 12.2. The highest BCUT2D eigenvalue weighted by Crippen LogP contribution is 2.26. The van der Waals surface area contributed by atoms with Gasteiger partial charge in [0.2, 0.25) is 5.91 Å². The van der Waals surface area contributed by atoms with Gasteiger partial charge in [-0.25, -0.2) is 4.79 Å². The Bertz CT molecular complexity index is 424. The summed E-state index contributed by atoms with van der Waals surface area (Å²) in [7, 11) is 1.30. The van der Waals surface area contributed by atoms with Gasteiger partial charge in [-0.2, -0.15) is 0 Å². The van der Waals surface area contributed by atoms with E-state index in [0.717, 1.165) is 25.8 Å². The molecule has 6 nitrogen and oxygen atoms in total. The summed E-state index contributed by atoms with van der Waals surface area (Å²) >= 11 is 0. The summed E-state index contributed by atoms with van der Waals surface area (Å²) in [5.74, 6) is -0.154. The number of hydrogen-bond donors (Lipinski definition) is 2. The molecule has 2 rings (SSSR count). The van der Waals surface area contributed by atoms with Crippen molar-refractivity contribution in [2.24, 2.45) is 11.8 Å². The number of methoxy groups -OCH3 is 1. The zero-order valence-electron chi connectivity index (χ0n) is 12.7. The van der Waals surface area contributed by atoms with Crippen molar-refractivity contribution in [3.05, 3.63) is 0 Å². The van der Waals surface area contributed by atoms with Crippen LogP contribution < -0.4 is 10.6 Å². The molecule has 4 atom stereocenters. The number of amides is 1.